The number of hydrogen-bond acceptors (Lipinski definition) is 2. The Morgan fingerprint density at radius 1 is 0.846 bits per heavy atom. The van der Waals surface area contributed by atoms with Crippen molar-refractivity contribution in [2.75, 3.05) is 5.32 Å². The van der Waals surface area contributed by atoms with Crippen molar-refractivity contribution in [1.82, 2.24) is 9.38 Å². The fourth-order valence-corrected chi connectivity index (χ4v) is 3.08. The second-order valence-electron chi connectivity index (χ2n) is 6.29. The average Bonchev–Trinajstić information content (AvgIpc) is 3.05. The van der Waals surface area contributed by atoms with E-state index in [4.69, 9.17) is 4.98 Å². The van der Waals surface area contributed by atoms with E-state index in [0.717, 1.165) is 35.0 Å². The van der Waals surface area contributed by atoms with Gasteiger partial charge >= 0.3 is 0 Å². The third-order valence-corrected chi connectivity index (χ3v) is 4.40. The summed E-state index contributed by atoms with van der Waals surface area (Å²) >= 11 is 0. The molecule has 0 spiro atoms. The molecule has 0 saturated carbocycles. The molecule has 0 unspecified atom stereocenters. The first kappa shape index (κ1) is 16.2. The zero-order valence-corrected chi connectivity index (χ0v) is 14.8. The first-order valence-electron chi connectivity index (χ1n) is 8.80. The maximum atomic E-state index is 4.81. The van der Waals surface area contributed by atoms with Gasteiger partial charge in [0.2, 0.25) is 0 Å². The molecule has 3 heteroatoms. The van der Waals surface area contributed by atoms with E-state index in [2.05, 4.69) is 71.3 Å². The molecule has 0 aliphatic rings. The van der Waals surface area contributed by atoms with Gasteiger partial charge in [-0.05, 0) is 36.3 Å². The van der Waals surface area contributed by atoms with Gasteiger partial charge in [0.1, 0.15) is 17.2 Å². The molecule has 0 saturated heterocycles. The third-order valence-electron chi connectivity index (χ3n) is 4.40. The van der Waals surface area contributed by atoms with Gasteiger partial charge in [0.15, 0.2) is 0 Å². The normalized spacial score (nSPS) is 11.3. The highest BCUT2D eigenvalue weighted by Gasteiger charge is 2.11. The number of anilines is 1. The van der Waals surface area contributed by atoms with Crippen LogP contribution in [-0.4, -0.2) is 9.38 Å². The highest BCUT2D eigenvalue weighted by molar-refractivity contribution is 5.76. The summed E-state index contributed by atoms with van der Waals surface area (Å²) < 4.78 is 2.17. The smallest absolute Gasteiger partial charge is 0.139 e. The van der Waals surface area contributed by atoms with Gasteiger partial charge in [-0.3, -0.25) is 4.40 Å². The Labute approximate surface area is 153 Å². The Morgan fingerprint density at radius 3 is 2.35 bits per heavy atom. The molecule has 2 heterocycles. The Kier molecular flexibility index (Phi) is 4.52. The topological polar surface area (TPSA) is 29.3 Å². The standard InChI is InChI=1S/C23H21N3/c1-18-9-8-14-22-25-21(16-15-19-10-4-2-5-11-19)23(26(18)22)24-17-20-12-6-3-7-13-20/h2-16,24H,17H2,1H3. The molecular weight excluding hydrogens is 318 g/mol. The molecule has 0 bridgehead atoms. The molecule has 0 aliphatic carbocycles. The maximum Gasteiger partial charge on any atom is 0.139 e. The summed E-state index contributed by atoms with van der Waals surface area (Å²) in [6.45, 7) is 2.86. The van der Waals surface area contributed by atoms with Crippen LogP contribution < -0.4 is 5.32 Å². The van der Waals surface area contributed by atoms with Gasteiger partial charge in [-0.25, -0.2) is 4.98 Å². The fraction of sp³-hybridized carbons (Fsp3) is 0.0870. The lowest BCUT2D eigenvalue weighted by atomic mass is 10.2. The highest BCUT2D eigenvalue weighted by atomic mass is 15.1. The molecule has 4 aromatic rings. The molecule has 0 amide bonds. The molecule has 1 N–H and O–H groups in total. The largest absolute Gasteiger partial charge is 0.365 e. The predicted octanol–water partition coefficient (Wildman–Crippen LogP) is 5.43. The minimum atomic E-state index is 0.759. The lowest BCUT2D eigenvalue weighted by molar-refractivity contribution is 1.04. The lowest BCUT2D eigenvalue weighted by Crippen LogP contribution is -2.04. The molecule has 128 valence electrons. The van der Waals surface area contributed by atoms with Crippen molar-refractivity contribution in [3.63, 3.8) is 0 Å². The first-order valence-corrected chi connectivity index (χ1v) is 8.80. The van der Waals surface area contributed by atoms with Crippen LogP contribution >= 0.6 is 0 Å². The Balaban J connectivity index is 1.72. The van der Waals surface area contributed by atoms with Crippen LogP contribution in [-0.2, 0) is 6.54 Å². The number of benzene rings is 2. The molecule has 0 radical (unpaired) electrons. The molecular formula is C23H21N3. The molecule has 0 aliphatic heterocycles. The number of hydrogen-bond donors (Lipinski definition) is 1. The van der Waals surface area contributed by atoms with Crippen LogP contribution in [0.1, 0.15) is 22.5 Å². The quantitative estimate of drug-likeness (QED) is 0.526. The van der Waals surface area contributed by atoms with E-state index >= 15 is 0 Å². The van der Waals surface area contributed by atoms with Gasteiger partial charge in [0, 0.05) is 12.2 Å². The number of nitrogens with one attached hydrogen (secondary N) is 1. The second-order valence-corrected chi connectivity index (χ2v) is 6.29. The Bertz CT molecular complexity index is 1030. The summed E-state index contributed by atoms with van der Waals surface area (Å²) in [6.07, 6.45) is 4.18. The van der Waals surface area contributed by atoms with Crippen LogP contribution in [0.5, 0.6) is 0 Å². The lowest BCUT2D eigenvalue weighted by Gasteiger charge is -2.09. The summed E-state index contributed by atoms with van der Waals surface area (Å²) in [6, 6.07) is 26.9. The molecule has 26 heavy (non-hydrogen) atoms. The summed E-state index contributed by atoms with van der Waals surface area (Å²) in [5.41, 5.74) is 5.46. The van der Waals surface area contributed by atoms with E-state index in [9.17, 15) is 0 Å². The van der Waals surface area contributed by atoms with Crippen molar-refractivity contribution in [3.8, 4) is 0 Å². The van der Waals surface area contributed by atoms with Crippen molar-refractivity contribution in [2.45, 2.75) is 13.5 Å². The van der Waals surface area contributed by atoms with Crippen LogP contribution in [0.4, 0.5) is 5.82 Å². The Hall–Kier alpha value is -3.33. The highest BCUT2D eigenvalue weighted by Crippen LogP contribution is 2.23. The molecule has 0 fully saturated rings. The van der Waals surface area contributed by atoms with E-state index in [1.165, 1.54) is 5.56 Å². The van der Waals surface area contributed by atoms with E-state index in [1.807, 2.05) is 36.4 Å². The molecule has 2 aromatic heterocycles. The SMILES string of the molecule is Cc1cccc2nc(C=Cc3ccccc3)c(NCc3ccccc3)n12. The van der Waals surface area contributed by atoms with Gasteiger partial charge in [0.05, 0.1) is 0 Å². The van der Waals surface area contributed by atoms with Crippen molar-refractivity contribution < 1.29 is 0 Å². The van der Waals surface area contributed by atoms with Crippen LogP contribution in [0.15, 0.2) is 78.9 Å². The third kappa shape index (κ3) is 3.38. The molecule has 4 rings (SSSR count). The summed E-state index contributed by atoms with van der Waals surface area (Å²) in [4.78, 5) is 4.81. The van der Waals surface area contributed by atoms with Crippen LogP contribution in [0, 0.1) is 6.92 Å². The number of rotatable bonds is 5. The van der Waals surface area contributed by atoms with E-state index < -0.39 is 0 Å². The summed E-state index contributed by atoms with van der Waals surface area (Å²) in [5, 5.41) is 3.58. The van der Waals surface area contributed by atoms with E-state index in [0.29, 0.717) is 0 Å². The minimum Gasteiger partial charge on any atom is -0.365 e. The number of imidazole rings is 1. The van der Waals surface area contributed by atoms with Crippen LogP contribution in [0.25, 0.3) is 17.8 Å². The number of fused-ring (bicyclic) bond motifs is 1. The molecule has 3 nitrogen and oxygen atoms in total. The maximum absolute atomic E-state index is 4.81. The number of pyridine rings is 1. The van der Waals surface area contributed by atoms with Crippen molar-refractivity contribution in [2.24, 2.45) is 0 Å². The monoisotopic (exact) mass is 339 g/mol. The van der Waals surface area contributed by atoms with E-state index in [-0.39, 0.29) is 0 Å². The van der Waals surface area contributed by atoms with Gasteiger partial charge in [-0.15, -0.1) is 0 Å². The fourth-order valence-electron chi connectivity index (χ4n) is 3.08. The number of aryl methyl sites for hydroxylation is 1. The van der Waals surface area contributed by atoms with Gasteiger partial charge < -0.3 is 5.32 Å². The van der Waals surface area contributed by atoms with Gasteiger partial charge in [0.25, 0.3) is 0 Å². The van der Waals surface area contributed by atoms with E-state index in [1.54, 1.807) is 0 Å². The van der Waals surface area contributed by atoms with Gasteiger partial charge in [-0.2, -0.15) is 0 Å². The summed E-state index contributed by atoms with van der Waals surface area (Å²) in [7, 11) is 0. The van der Waals surface area contributed by atoms with Crippen molar-refractivity contribution >= 4 is 23.6 Å². The van der Waals surface area contributed by atoms with Crippen molar-refractivity contribution in [3.05, 3.63) is 101 Å². The molecule has 2 aromatic carbocycles. The molecule has 0 atom stereocenters. The summed E-state index contributed by atoms with van der Waals surface area (Å²) in [5.74, 6) is 1.02. The van der Waals surface area contributed by atoms with Crippen LogP contribution in [0.3, 0.4) is 0 Å². The average molecular weight is 339 g/mol. The zero-order valence-electron chi connectivity index (χ0n) is 14.8. The Morgan fingerprint density at radius 2 is 1.58 bits per heavy atom. The number of nitrogens with zero attached hydrogens (tertiary/aromatic N) is 2. The minimum absolute atomic E-state index is 0.759. The predicted molar refractivity (Wildman–Crippen MR) is 109 cm³/mol. The number of aromatic nitrogens is 2. The van der Waals surface area contributed by atoms with Gasteiger partial charge in [-0.1, -0.05) is 72.8 Å². The second kappa shape index (κ2) is 7.28. The van der Waals surface area contributed by atoms with Crippen molar-refractivity contribution in [1.29, 1.82) is 0 Å². The first-order chi connectivity index (χ1) is 12.8. The zero-order chi connectivity index (χ0) is 17.8. The van der Waals surface area contributed by atoms with Crippen LogP contribution in [0.2, 0.25) is 0 Å².